The first-order valence-corrected chi connectivity index (χ1v) is 41.9. The van der Waals surface area contributed by atoms with E-state index in [9.17, 15) is 0 Å². The molecule has 0 saturated carbocycles. The summed E-state index contributed by atoms with van der Waals surface area (Å²) in [5, 5.41) is 5.36. The summed E-state index contributed by atoms with van der Waals surface area (Å²) in [6, 6.07) is 78.0. The zero-order valence-corrected chi connectivity index (χ0v) is 80.8. The molecule has 9 rings (SSSR count). The maximum absolute atomic E-state index is 2.32. The van der Waals surface area contributed by atoms with E-state index in [1.807, 2.05) is 96.9 Å². The lowest BCUT2D eigenvalue weighted by Gasteiger charge is -2.21. The molecule has 0 heteroatoms. The van der Waals surface area contributed by atoms with Crippen molar-refractivity contribution in [1.29, 1.82) is 0 Å². The number of rotatable bonds is 2. The predicted octanol–water partition coefficient (Wildman–Crippen LogP) is 37.3. The maximum Gasteiger partial charge on any atom is -0.0126 e. The Balaban J connectivity index is -0.000000215. The van der Waals surface area contributed by atoms with Gasteiger partial charge in [-0.25, -0.2) is 0 Å². The van der Waals surface area contributed by atoms with Gasteiger partial charge in [0.1, 0.15) is 0 Å². The summed E-state index contributed by atoms with van der Waals surface area (Å²) in [5.74, 6) is 0. The summed E-state index contributed by atoms with van der Waals surface area (Å²) < 4.78 is 0. The largest absolute Gasteiger partial charge is 0.0683 e. The second-order valence-corrected chi connectivity index (χ2v) is 38.1. The molecule has 0 radical (unpaired) electrons. The van der Waals surface area contributed by atoms with Gasteiger partial charge in [0, 0.05) is 0 Å². The van der Waals surface area contributed by atoms with Gasteiger partial charge in [-0.15, -0.1) is 0 Å². The Morgan fingerprint density at radius 1 is 0.148 bits per heavy atom. The van der Waals surface area contributed by atoms with E-state index in [2.05, 4.69) is 454 Å². The first kappa shape index (κ1) is 115. The third kappa shape index (κ3) is 62.3. The summed E-state index contributed by atoms with van der Waals surface area (Å²) in [6.07, 6.45) is 0. The Labute approximate surface area is 677 Å². The van der Waals surface area contributed by atoms with E-state index in [0.717, 1.165) is 0 Å². The van der Waals surface area contributed by atoms with Gasteiger partial charge in [0.15, 0.2) is 0 Å². The number of fused-ring (bicyclic) bond motifs is 2. The third-order valence-electron chi connectivity index (χ3n) is 13.5. The Bertz CT molecular complexity index is 3390. The second-order valence-electron chi connectivity index (χ2n) is 38.1. The number of hydrogen-bond acceptors (Lipinski definition) is 0. The first-order chi connectivity index (χ1) is 49.5. The fourth-order valence-electron chi connectivity index (χ4n) is 8.60. The van der Waals surface area contributed by atoms with Crippen molar-refractivity contribution in [2.24, 2.45) is 21.7 Å². The zero-order valence-electron chi connectivity index (χ0n) is 80.8. The molecule has 9 aromatic rings. The van der Waals surface area contributed by atoms with E-state index in [1.54, 1.807) is 0 Å². The summed E-state index contributed by atoms with van der Waals surface area (Å²) in [5.41, 5.74) is 16.9. The molecule has 0 fully saturated rings. The van der Waals surface area contributed by atoms with Crippen molar-refractivity contribution >= 4 is 21.5 Å². The van der Waals surface area contributed by atoms with E-state index in [1.165, 1.54) is 77.2 Å². The minimum Gasteiger partial charge on any atom is -0.0683 e. The molecule has 0 nitrogen and oxygen atoms in total. The van der Waals surface area contributed by atoms with E-state index in [-0.39, 0.29) is 27.1 Å². The molecule has 0 N–H and O–H groups in total. The lowest BCUT2D eigenvalue weighted by atomic mass is 9.83. The highest BCUT2D eigenvalue weighted by molar-refractivity contribution is 5.86. The molecule has 9 aromatic carbocycles. The van der Waals surface area contributed by atoms with E-state index in [4.69, 9.17) is 0 Å². The molecule has 0 spiro atoms. The molecule has 0 bridgehead atoms. The van der Waals surface area contributed by atoms with Gasteiger partial charge >= 0.3 is 0 Å². The molecule has 0 aromatic heterocycles. The maximum atomic E-state index is 2.32. The van der Waals surface area contributed by atoms with E-state index >= 15 is 0 Å². The van der Waals surface area contributed by atoms with Crippen LogP contribution in [0.3, 0.4) is 0 Å². The van der Waals surface area contributed by atoms with Gasteiger partial charge in [-0.2, -0.15) is 0 Å². The van der Waals surface area contributed by atoms with Crippen molar-refractivity contribution in [3.63, 3.8) is 0 Å². The SMILES string of the molecule is CC.CC.CC.CC.CC.CC.CC.CC(C)(C)C.CC(C)(C)C.CC(C)(C)C.CC(C)(C)C.CC(C)(C)c1ccc2ccccc2c1.CC(C)(C)c1cccc(-c2cccc(C(C)(C)C)c2)c1.CC(C)(C)c1cccc(-c2ccccc2)c1.CC(C)(C)c1cccc2ccccc12.CC(C)(C)c1ccccc1. The molecule has 0 aliphatic heterocycles. The number of hydrogen-bond donors (Lipinski definition) is 0. The van der Waals surface area contributed by atoms with Crippen molar-refractivity contribution in [3.05, 3.63) is 252 Å². The van der Waals surface area contributed by atoms with Gasteiger partial charge in [0.2, 0.25) is 0 Å². The minimum atomic E-state index is 0.192. The zero-order chi connectivity index (χ0) is 86.5. The van der Waals surface area contributed by atoms with Gasteiger partial charge in [0.05, 0.1) is 0 Å². The summed E-state index contributed by atoms with van der Waals surface area (Å²) in [4.78, 5) is 0. The molecule has 108 heavy (non-hydrogen) atoms. The average Bonchev–Trinajstić information content (AvgIpc) is 0.817. The molecule has 0 saturated heterocycles. The average molecular weight is 1480 g/mol. The quantitative estimate of drug-likeness (QED) is 0.162. The van der Waals surface area contributed by atoms with Crippen LogP contribution in [-0.2, 0) is 32.5 Å². The minimum absolute atomic E-state index is 0.192. The van der Waals surface area contributed by atoms with Gasteiger partial charge in [-0.3, -0.25) is 0 Å². The van der Waals surface area contributed by atoms with Gasteiger partial charge in [0.25, 0.3) is 0 Å². The Morgan fingerprint density at radius 3 is 0.648 bits per heavy atom. The smallest absolute Gasteiger partial charge is 0.0126 e. The van der Waals surface area contributed by atoms with Crippen LogP contribution in [0.2, 0.25) is 0 Å². The van der Waals surface area contributed by atoms with Gasteiger partial charge in [-0.05, 0) is 131 Å². The predicted molar refractivity (Wildman–Crippen MR) is 510 cm³/mol. The van der Waals surface area contributed by atoms with Crippen LogP contribution in [0.5, 0.6) is 0 Å². The number of benzene rings is 9. The monoisotopic (exact) mass is 1480 g/mol. The van der Waals surface area contributed by atoms with Crippen LogP contribution in [0.1, 0.15) is 366 Å². The van der Waals surface area contributed by atoms with Crippen molar-refractivity contribution < 1.29 is 0 Å². The van der Waals surface area contributed by atoms with Gasteiger partial charge < -0.3 is 0 Å². The third-order valence-corrected chi connectivity index (χ3v) is 13.5. The van der Waals surface area contributed by atoms with Crippen LogP contribution in [-0.4, -0.2) is 0 Å². The van der Waals surface area contributed by atoms with E-state index < -0.39 is 0 Å². The standard InChI is InChI=1S/C20H26.C16H18.2C14H16.C10H14.4C5H12.7C2H6/c1-19(2,3)17-11-7-9-15(13-17)16-10-8-12-18(14-16)20(4,5)6;1-16(2,3)15-11-7-10-14(12-15)13-8-5-4-6-9-13;1-14(2,3)13-10-6-8-11-7-4-5-9-12(11)13;1-14(2,3)13-9-8-11-6-4-5-7-12(11)10-13;1-10(2,3)9-7-5-4-6-8-9;4*1-5(2,3)4;7*1-2/h7-14H,1-6H3;4-12H,1-3H3;2*4-10H,1-3H3;4-8H,1-3H3;4*1-4H3;7*1-2H3. The van der Waals surface area contributed by atoms with Crippen LogP contribution in [0, 0.1) is 21.7 Å². The lowest BCUT2D eigenvalue weighted by molar-refractivity contribution is 0.469. The highest BCUT2D eigenvalue weighted by atomic mass is 14.2. The van der Waals surface area contributed by atoms with Gasteiger partial charge in [-0.1, -0.05) is 551 Å². The van der Waals surface area contributed by atoms with Crippen molar-refractivity contribution in [1.82, 2.24) is 0 Å². The molecule has 0 aliphatic carbocycles. The van der Waals surface area contributed by atoms with Crippen molar-refractivity contribution in [2.45, 2.75) is 365 Å². The van der Waals surface area contributed by atoms with Crippen LogP contribution >= 0.6 is 0 Å². The molecule has 0 unspecified atom stereocenters. The summed E-state index contributed by atoms with van der Waals surface area (Å²) in [7, 11) is 0. The fraction of sp³-hybridized carbons (Fsp3) is 0.537. The molecule has 0 heterocycles. The van der Waals surface area contributed by atoms with Crippen molar-refractivity contribution in [2.75, 3.05) is 0 Å². The van der Waals surface area contributed by atoms with E-state index in [0.29, 0.717) is 27.1 Å². The fourth-order valence-corrected chi connectivity index (χ4v) is 8.60. The summed E-state index contributed by atoms with van der Waals surface area (Å²) in [6.45, 7) is 104. The molecule has 0 aliphatic rings. The van der Waals surface area contributed by atoms with Crippen LogP contribution in [0.15, 0.2) is 218 Å². The first-order valence-electron chi connectivity index (χ1n) is 41.9. The molecular weight excluding hydrogens is 1300 g/mol. The highest BCUT2D eigenvalue weighted by Crippen LogP contribution is 2.33. The Morgan fingerprint density at radius 2 is 0.361 bits per heavy atom. The molecule has 612 valence electrons. The second kappa shape index (κ2) is 57.5. The molecule has 0 atom stereocenters. The normalized spacial score (nSPS) is 10.8. The Hall–Kier alpha value is -6.50. The molecular formula is C108H180. The van der Waals surface area contributed by atoms with Crippen LogP contribution < -0.4 is 0 Å². The topological polar surface area (TPSA) is 0 Å². The highest BCUT2D eigenvalue weighted by Gasteiger charge is 2.19. The lowest BCUT2D eigenvalue weighted by Crippen LogP contribution is -2.11. The summed E-state index contributed by atoms with van der Waals surface area (Å²) >= 11 is 0. The van der Waals surface area contributed by atoms with Crippen LogP contribution in [0.4, 0.5) is 0 Å². The molecule has 0 amide bonds. The van der Waals surface area contributed by atoms with Crippen LogP contribution in [0.25, 0.3) is 43.8 Å². The Kier molecular flexibility index (Phi) is 61.2. The van der Waals surface area contributed by atoms with Crippen molar-refractivity contribution in [3.8, 4) is 22.3 Å².